The molecule has 0 bridgehead atoms. The first kappa shape index (κ1) is 9.76. The maximum Gasteiger partial charge on any atom is 2.00 e. The minimum Gasteiger partial charge on any atom is -0.543 e. The fraction of sp³-hybridized carbons (Fsp3) is 0. The molecule has 0 radical (unpaired) electrons. The molecule has 0 saturated heterocycles. The third kappa shape index (κ3) is 5.56. The van der Waals surface area contributed by atoms with Gasteiger partial charge >= 0.3 is 19.5 Å². The summed E-state index contributed by atoms with van der Waals surface area (Å²) in [6.45, 7) is 0. The Hall–Kier alpha value is -0.437. The van der Waals surface area contributed by atoms with Gasteiger partial charge in [-0.1, -0.05) is 0 Å². The molecule has 0 aromatic carbocycles. The molecule has 0 heterocycles. The van der Waals surface area contributed by atoms with Crippen LogP contribution in [0.2, 0.25) is 0 Å². The van der Waals surface area contributed by atoms with Crippen molar-refractivity contribution in [3.63, 3.8) is 0 Å². The molecule has 4 nitrogen and oxygen atoms in total. The Bertz CT molecular complexity index is 75.7. The fourth-order valence-electron chi connectivity index (χ4n) is 0. The van der Waals surface area contributed by atoms with Crippen LogP contribution in [0.4, 0.5) is 0 Å². The predicted molar refractivity (Wildman–Crippen MR) is 10.0 cm³/mol. The van der Waals surface area contributed by atoms with Crippen molar-refractivity contribution >= 4 is 11.9 Å². The number of carbonyl (C=O) groups is 2. The molecular weight excluding hydrogens is 189 g/mol. The van der Waals surface area contributed by atoms with Gasteiger partial charge in [0.2, 0.25) is 0 Å². The van der Waals surface area contributed by atoms with Crippen molar-refractivity contribution in [2.24, 2.45) is 0 Å². The molecule has 0 atom stereocenters. The van der Waals surface area contributed by atoms with Gasteiger partial charge in [0.05, 0.1) is 11.9 Å². The van der Waals surface area contributed by atoms with Crippen LogP contribution in [0.5, 0.6) is 0 Å². The summed E-state index contributed by atoms with van der Waals surface area (Å²) < 4.78 is 0. The summed E-state index contributed by atoms with van der Waals surface area (Å²) in [5.74, 6) is -4.37. The van der Waals surface area contributed by atoms with Crippen molar-refractivity contribution in [1.82, 2.24) is 0 Å². The Morgan fingerprint density at radius 3 is 1.14 bits per heavy atom. The summed E-state index contributed by atoms with van der Waals surface area (Å²) in [5.41, 5.74) is 0. The number of carboxylic acid groups (broad SMARTS) is 2. The number of aliphatic carboxylic acids is 2. The van der Waals surface area contributed by atoms with Gasteiger partial charge in [-0.2, -0.15) is 0 Å². The van der Waals surface area contributed by atoms with Gasteiger partial charge in [-0.3, -0.25) is 0 Å². The van der Waals surface area contributed by atoms with E-state index in [2.05, 4.69) is 0 Å². The molecule has 0 aromatic rings. The van der Waals surface area contributed by atoms with E-state index >= 15 is 0 Å². The van der Waals surface area contributed by atoms with E-state index in [-0.39, 0.29) is 19.5 Å². The van der Waals surface area contributed by atoms with Crippen LogP contribution in [-0.4, -0.2) is 11.9 Å². The molecular formula is C2O4Ru. The van der Waals surface area contributed by atoms with Crippen LogP contribution in [-0.2, 0) is 29.1 Å². The Balaban J connectivity index is 0. The van der Waals surface area contributed by atoms with Crippen LogP contribution in [0.3, 0.4) is 0 Å². The smallest absolute Gasteiger partial charge is 0.543 e. The van der Waals surface area contributed by atoms with Gasteiger partial charge < -0.3 is 19.8 Å². The SMILES string of the molecule is O=C([O-])C(=O)[O-].[Ru+2]. The van der Waals surface area contributed by atoms with Gasteiger partial charge in [-0.25, -0.2) is 0 Å². The standard InChI is InChI=1S/C2H2O4.Ru/c3-1(4)2(5)6;/h(H,3,4)(H,5,6);/q;+2/p-2. The van der Waals surface area contributed by atoms with Crippen molar-refractivity contribution in [2.75, 3.05) is 0 Å². The second-order valence-corrected chi connectivity index (χ2v) is 0.575. The first-order valence-electron chi connectivity index (χ1n) is 1.07. The zero-order valence-corrected chi connectivity index (χ0v) is 4.72. The van der Waals surface area contributed by atoms with E-state index in [4.69, 9.17) is 19.8 Å². The molecule has 0 unspecified atom stereocenters. The number of carbonyl (C=O) groups excluding carboxylic acids is 2. The van der Waals surface area contributed by atoms with Crippen LogP contribution in [0.1, 0.15) is 0 Å². The Morgan fingerprint density at radius 2 is 1.14 bits per heavy atom. The zero-order valence-electron chi connectivity index (χ0n) is 2.99. The molecule has 0 N–H and O–H groups in total. The van der Waals surface area contributed by atoms with E-state index in [0.717, 1.165) is 0 Å². The zero-order chi connectivity index (χ0) is 5.15. The topological polar surface area (TPSA) is 80.3 Å². The Kier molecular flexibility index (Phi) is 5.22. The number of hydrogen-bond donors (Lipinski definition) is 0. The maximum absolute atomic E-state index is 8.93. The van der Waals surface area contributed by atoms with Crippen molar-refractivity contribution in [2.45, 2.75) is 0 Å². The summed E-state index contributed by atoms with van der Waals surface area (Å²) in [4.78, 5) is 17.9. The van der Waals surface area contributed by atoms with E-state index in [1.54, 1.807) is 0 Å². The summed E-state index contributed by atoms with van der Waals surface area (Å²) >= 11 is 0. The normalized spacial score (nSPS) is 6.29. The van der Waals surface area contributed by atoms with E-state index in [9.17, 15) is 0 Å². The van der Waals surface area contributed by atoms with Crippen molar-refractivity contribution in [3.05, 3.63) is 0 Å². The van der Waals surface area contributed by atoms with Gasteiger partial charge in [0, 0.05) is 0 Å². The van der Waals surface area contributed by atoms with Gasteiger partial charge in [0.25, 0.3) is 0 Å². The van der Waals surface area contributed by atoms with Gasteiger partial charge in [0.1, 0.15) is 0 Å². The Morgan fingerprint density at radius 1 is 1.00 bits per heavy atom. The molecule has 0 amide bonds. The average molecular weight is 189 g/mol. The minimum absolute atomic E-state index is 0. The minimum atomic E-state index is -2.19. The quantitative estimate of drug-likeness (QED) is 0.292. The Labute approximate surface area is 51.9 Å². The van der Waals surface area contributed by atoms with Gasteiger partial charge in [-0.05, 0) is 0 Å². The van der Waals surface area contributed by atoms with E-state index < -0.39 is 11.9 Å². The van der Waals surface area contributed by atoms with Crippen molar-refractivity contribution in [3.8, 4) is 0 Å². The van der Waals surface area contributed by atoms with Gasteiger partial charge in [-0.15, -0.1) is 0 Å². The van der Waals surface area contributed by atoms with E-state index in [0.29, 0.717) is 0 Å². The second kappa shape index (κ2) is 3.74. The van der Waals surface area contributed by atoms with Crippen LogP contribution in [0.25, 0.3) is 0 Å². The predicted octanol–water partition coefficient (Wildman–Crippen LogP) is -3.52. The largest absolute Gasteiger partial charge is 2.00 e. The van der Waals surface area contributed by atoms with Crippen molar-refractivity contribution < 1.29 is 39.3 Å². The molecule has 0 aromatic heterocycles. The average Bonchev–Trinajstić information content (AvgIpc) is 1.36. The fourth-order valence-corrected chi connectivity index (χ4v) is 0. The second-order valence-electron chi connectivity index (χ2n) is 0.575. The van der Waals surface area contributed by atoms with E-state index in [1.807, 2.05) is 0 Å². The van der Waals surface area contributed by atoms with Crippen LogP contribution >= 0.6 is 0 Å². The maximum atomic E-state index is 8.93. The van der Waals surface area contributed by atoms with Gasteiger partial charge in [0.15, 0.2) is 0 Å². The molecule has 5 heteroatoms. The van der Waals surface area contributed by atoms with Crippen molar-refractivity contribution in [1.29, 1.82) is 0 Å². The summed E-state index contributed by atoms with van der Waals surface area (Å²) in [7, 11) is 0. The molecule has 7 heavy (non-hydrogen) atoms. The summed E-state index contributed by atoms with van der Waals surface area (Å²) in [6.07, 6.45) is 0. The third-order valence-electron chi connectivity index (χ3n) is 0.167. The third-order valence-corrected chi connectivity index (χ3v) is 0.167. The molecule has 0 aliphatic carbocycles. The van der Waals surface area contributed by atoms with Crippen LogP contribution < -0.4 is 10.2 Å². The first-order valence-corrected chi connectivity index (χ1v) is 1.07. The molecule has 0 fully saturated rings. The summed E-state index contributed by atoms with van der Waals surface area (Å²) in [5, 5.41) is 17.9. The number of rotatable bonds is 0. The molecule has 0 rings (SSSR count). The molecule has 0 spiro atoms. The molecule has 0 aliphatic heterocycles. The van der Waals surface area contributed by atoms with Crippen LogP contribution in [0.15, 0.2) is 0 Å². The molecule has 0 saturated carbocycles. The molecule has 40 valence electrons. The monoisotopic (exact) mass is 190 g/mol. The summed E-state index contributed by atoms with van der Waals surface area (Å²) in [6, 6.07) is 0. The van der Waals surface area contributed by atoms with E-state index in [1.165, 1.54) is 0 Å². The first-order chi connectivity index (χ1) is 2.64. The number of hydrogen-bond acceptors (Lipinski definition) is 4. The molecule has 0 aliphatic rings. The number of carboxylic acids is 2. The van der Waals surface area contributed by atoms with Crippen LogP contribution in [0, 0.1) is 0 Å².